The number of amides is 1. The first kappa shape index (κ1) is 26.0. The maximum atomic E-state index is 13.3. The maximum Gasteiger partial charge on any atom is 0.357 e. The SMILES string of the molecule is CCCn1c(=O)c2[nH]c(Cc3cccc(OS(=O)O)c3)nc2n(CCc2ccc(NC(C)=O)cc2)c1=O. The fraction of sp³-hybridized carbons (Fsp3) is 0.280. The van der Waals surface area contributed by atoms with Gasteiger partial charge in [0.1, 0.15) is 17.1 Å². The third-order valence-corrected chi connectivity index (χ3v) is 6.03. The zero-order chi connectivity index (χ0) is 26.5. The first-order chi connectivity index (χ1) is 17.7. The van der Waals surface area contributed by atoms with Crippen LogP contribution in [0.5, 0.6) is 5.75 Å². The summed E-state index contributed by atoms with van der Waals surface area (Å²) < 4.78 is 27.5. The van der Waals surface area contributed by atoms with Gasteiger partial charge in [-0.1, -0.05) is 31.2 Å². The van der Waals surface area contributed by atoms with Crippen LogP contribution in [0, 0.1) is 0 Å². The molecule has 0 bridgehead atoms. The molecule has 2 aromatic heterocycles. The van der Waals surface area contributed by atoms with E-state index in [1.165, 1.54) is 16.1 Å². The van der Waals surface area contributed by atoms with E-state index < -0.39 is 22.6 Å². The summed E-state index contributed by atoms with van der Waals surface area (Å²) in [5, 5.41) is 2.72. The number of hydrogen-bond donors (Lipinski definition) is 3. The lowest BCUT2D eigenvalue weighted by Crippen LogP contribution is -2.40. The average molecular weight is 526 g/mol. The minimum atomic E-state index is -2.44. The molecule has 0 saturated carbocycles. The maximum absolute atomic E-state index is 13.3. The van der Waals surface area contributed by atoms with Gasteiger partial charge in [0.15, 0.2) is 5.65 Å². The third kappa shape index (κ3) is 6.22. The Labute approximate surface area is 214 Å². The third-order valence-electron chi connectivity index (χ3n) is 5.69. The predicted molar refractivity (Wildman–Crippen MR) is 140 cm³/mol. The van der Waals surface area contributed by atoms with E-state index in [0.29, 0.717) is 30.9 Å². The lowest BCUT2D eigenvalue weighted by Gasteiger charge is -2.11. The summed E-state index contributed by atoms with van der Waals surface area (Å²) in [5.41, 5.74) is 2.05. The largest absolute Gasteiger partial charge is 0.380 e. The number of hydrogen-bond acceptors (Lipinski definition) is 6. The first-order valence-electron chi connectivity index (χ1n) is 11.7. The van der Waals surface area contributed by atoms with E-state index in [1.807, 2.05) is 19.1 Å². The second kappa shape index (κ2) is 11.4. The molecular formula is C25H27N5O6S. The number of nitrogens with one attached hydrogen (secondary N) is 2. The van der Waals surface area contributed by atoms with Crippen molar-refractivity contribution in [2.75, 3.05) is 5.32 Å². The molecule has 3 N–H and O–H groups in total. The van der Waals surface area contributed by atoms with Crippen LogP contribution in [0.1, 0.15) is 37.2 Å². The summed E-state index contributed by atoms with van der Waals surface area (Å²) in [5.74, 6) is 0.537. The number of nitrogens with zero attached hydrogens (tertiary/aromatic N) is 3. The Morgan fingerprint density at radius 2 is 1.86 bits per heavy atom. The first-order valence-corrected chi connectivity index (χ1v) is 12.7. The molecule has 0 fully saturated rings. The molecule has 37 heavy (non-hydrogen) atoms. The van der Waals surface area contributed by atoms with Crippen LogP contribution in [-0.4, -0.2) is 33.8 Å². The molecule has 0 aliphatic heterocycles. The number of aromatic amines is 1. The number of fused-ring (bicyclic) bond motifs is 1. The van der Waals surface area contributed by atoms with Crippen molar-refractivity contribution in [1.29, 1.82) is 0 Å². The second-order valence-electron chi connectivity index (χ2n) is 8.53. The van der Waals surface area contributed by atoms with Gasteiger partial charge >= 0.3 is 17.1 Å². The van der Waals surface area contributed by atoms with E-state index in [-0.39, 0.29) is 35.8 Å². The predicted octanol–water partition coefficient (Wildman–Crippen LogP) is 2.60. The van der Waals surface area contributed by atoms with Gasteiger partial charge in [0.25, 0.3) is 5.56 Å². The van der Waals surface area contributed by atoms with Crippen LogP contribution in [0.15, 0.2) is 58.1 Å². The molecule has 0 aliphatic rings. The standard InChI is InChI=1S/C25H27N5O6S/c1-3-12-30-24(32)22-23(28-21(27-22)15-18-5-4-6-20(14-18)36-37(34)35)29(25(30)33)13-11-17-7-9-19(10-8-17)26-16(2)31/h4-10,14H,3,11-13,15H2,1-2H3,(H,26,31)(H,27,28)(H,34,35). The van der Waals surface area contributed by atoms with E-state index >= 15 is 0 Å². The number of aryl methyl sites for hydroxylation is 2. The lowest BCUT2D eigenvalue weighted by atomic mass is 10.1. The molecule has 4 aromatic rings. The van der Waals surface area contributed by atoms with Crippen LogP contribution in [0.2, 0.25) is 0 Å². The average Bonchev–Trinajstić information content (AvgIpc) is 3.26. The fourth-order valence-corrected chi connectivity index (χ4v) is 4.37. The Morgan fingerprint density at radius 1 is 1.11 bits per heavy atom. The molecular weight excluding hydrogens is 498 g/mol. The molecule has 4 rings (SSSR count). The van der Waals surface area contributed by atoms with Gasteiger partial charge in [-0.3, -0.25) is 23.3 Å². The number of aromatic nitrogens is 4. The Balaban J connectivity index is 1.67. The van der Waals surface area contributed by atoms with Gasteiger partial charge in [0, 0.05) is 32.1 Å². The molecule has 12 heteroatoms. The Kier molecular flexibility index (Phi) is 7.99. The summed E-state index contributed by atoms with van der Waals surface area (Å²) in [6.45, 7) is 3.92. The second-order valence-corrected chi connectivity index (χ2v) is 9.13. The minimum absolute atomic E-state index is 0.156. The molecule has 194 valence electrons. The van der Waals surface area contributed by atoms with E-state index in [1.54, 1.807) is 36.4 Å². The molecule has 1 unspecified atom stereocenters. The van der Waals surface area contributed by atoms with E-state index in [0.717, 1.165) is 11.1 Å². The Morgan fingerprint density at radius 3 is 2.54 bits per heavy atom. The zero-order valence-corrected chi connectivity index (χ0v) is 21.2. The Hall–Kier alpha value is -4.03. The van der Waals surface area contributed by atoms with Crippen molar-refractivity contribution in [2.45, 2.75) is 46.2 Å². The van der Waals surface area contributed by atoms with E-state index in [9.17, 15) is 18.6 Å². The van der Waals surface area contributed by atoms with Crippen molar-refractivity contribution in [2.24, 2.45) is 0 Å². The van der Waals surface area contributed by atoms with Crippen molar-refractivity contribution in [3.63, 3.8) is 0 Å². The van der Waals surface area contributed by atoms with Gasteiger partial charge in [-0.05, 0) is 48.2 Å². The molecule has 2 heterocycles. The van der Waals surface area contributed by atoms with Gasteiger partial charge in [-0.25, -0.2) is 9.78 Å². The van der Waals surface area contributed by atoms with Gasteiger partial charge in [0.2, 0.25) is 5.91 Å². The van der Waals surface area contributed by atoms with Gasteiger partial charge in [-0.15, -0.1) is 0 Å². The summed E-state index contributed by atoms with van der Waals surface area (Å²) in [6, 6.07) is 14.0. The highest BCUT2D eigenvalue weighted by Crippen LogP contribution is 2.18. The number of H-pyrrole nitrogens is 1. The van der Waals surface area contributed by atoms with Crippen LogP contribution in [0.25, 0.3) is 11.2 Å². The van der Waals surface area contributed by atoms with Crippen molar-refractivity contribution >= 4 is 34.1 Å². The number of carbonyl (C=O) groups excluding carboxylic acids is 1. The van der Waals surface area contributed by atoms with Crippen molar-refractivity contribution < 1.29 is 17.7 Å². The van der Waals surface area contributed by atoms with Crippen molar-refractivity contribution in [3.05, 3.63) is 86.3 Å². The lowest BCUT2D eigenvalue weighted by molar-refractivity contribution is -0.114. The molecule has 0 saturated heterocycles. The smallest absolute Gasteiger partial charge is 0.357 e. The van der Waals surface area contributed by atoms with Crippen molar-refractivity contribution in [3.8, 4) is 5.75 Å². The van der Waals surface area contributed by atoms with E-state index in [4.69, 9.17) is 8.74 Å². The number of carbonyl (C=O) groups is 1. The van der Waals surface area contributed by atoms with Crippen LogP contribution in [0.4, 0.5) is 5.69 Å². The summed E-state index contributed by atoms with van der Waals surface area (Å²) in [7, 11) is 0. The number of benzene rings is 2. The minimum Gasteiger partial charge on any atom is -0.380 e. The van der Waals surface area contributed by atoms with Gasteiger partial charge < -0.3 is 14.5 Å². The molecule has 1 atom stereocenters. The van der Waals surface area contributed by atoms with E-state index in [2.05, 4.69) is 15.3 Å². The molecule has 0 radical (unpaired) electrons. The molecule has 0 aliphatic carbocycles. The zero-order valence-electron chi connectivity index (χ0n) is 20.4. The quantitative estimate of drug-likeness (QED) is 0.270. The topological polar surface area (TPSA) is 148 Å². The van der Waals surface area contributed by atoms with Crippen molar-refractivity contribution in [1.82, 2.24) is 19.1 Å². The summed E-state index contributed by atoms with van der Waals surface area (Å²) >= 11 is -2.44. The fourth-order valence-electron chi connectivity index (χ4n) is 4.10. The van der Waals surface area contributed by atoms with Crippen LogP contribution in [-0.2, 0) is 42.1 Å². The van der Waals surface area contributed by atoms with Crippen LogP contribution in [0.3, 0.4) is 0 Å². The van der Waals surface area contributed by atoms with Crippen LogP contribution < -0.4 is 20.7 Å². The van der Waals surface area contributed by atoms with Gasteiger partial charge in [0.05, 0.1) is 0 Å². The Bertz CT molecular complexity index is 1570. The molecule has 2 aromatic carbocycles. The molecule has 11 nitrogen and oxygen atoms in total. The number of imidazole rings is 1. The van der Waals surface area contributed by atoms with Gasteiger partial charge in [-0.2, -0.15) is 4.21 Å². The normalized spacial score (nSPS) is 12.0. The highest BCUT2D eigenvalue weighted by molar-refractivity contribution is 7.74. The number of anilines is 1. The number of rotatable bonds is 10. The summed E-state index contributed by atoms with van der Waals surface area (Å²) in [6.07, 6.45) is 1.42. The highest BCUT2D eigenvalue weighted by atomic mass is 32.2. The summed E-state index contributed by atoms with van der Waals surface area (Å²) in [4.78, 5) is 45.2. The highest BCUT2D eigenvalue weighted by Gasteiger charge is 2.17. The monoisotopic (exact) mass is 525 g/mol. The molecule has 0 spiro atoms. The molecule has 1 amide bonds. The van der Waals surface area contributed by atoms with Crippen LogP contribution >= 0.6 is 0 Å².